The first-order valence-electron chi connectivity index (χ1n) is 3.70. The minimum atomic E-state index is -0.568. The van der Waals surface area contributed by atoms with Crippen LogP contribution in [0.5, 0.6) is 0 Å². The first kappa shape index (κ1) is 9.02. The SMILES string of the molecule is COC(=O)c1sc2c(c1F)CSC2. The fraction of sp³-hybridized carbons (Fsp3) is 0.375. The number of carbonyl (C=O) groups excluding carboxylic acids is 1. The molecule has 2 rings (SSSR count). The molecule has 2 nitrogen and oxygen atoms in total. The standard InChI is InChI=1S/C8H7FO2S2/c1-11-8(10)7-6(9)4-2-12-3-5(4)13-7/h2-3H2,1H3. The molecule has 0 aromatic carbocycles. The molecule has 0 amide bonds. The zero-order valence-corrected chi connectivity index (χ0v) is 8.56. The molecule has 0 radical (unpaired) electrons. The molecule has 0 aliphatic carbocycles. The summed E-state index contributed by atoms with van der Waals surface area (Å²) in [5.41, 5.74) is 0.690. The van der Waals surface area contributed by atoms with E-state index in [1.807, 2.05) is 0 Å². The van der Waals surface area contributed by atoms with Crippen molar-refractivity contribution >= 4 is 29.1 Å². The van der Waals surface area contributed by atoms with Crippen molar-refractivity contribution in [2.24, 2.45) is 0 Å². The lowest BCUT2D eigenvalue weighted by Crippen LogP contribution is -2.00. The van der Waals surface area contributed by atoms with Gasteiger partial charge in [-0.25, -0.2) is 9.18 Å². The quantitative estimate of drug-likeness (QED) is 0.677. The molecule has 0 saturated carbocycles. The van der Waals surface area contributed by atoms with Gasteiger partial charge in [0.05, 0.1) is 7.11 Å². The number of thioether (sulfide) groups is 1. The van der Waals surface area contributed by atoms with Gasteiger partial charge in [-0.2, -0.15) is 11.8 Å². The van der Waals surface area contributed by atoms with Crippen LogP contribution in [0.1, 0.15) is 20.1 Å². The second kappa shape index (κ2) is 3.31. The Hall–Kier alpha value is -0.550. The summed E-state index contributed by atoms with van der Waals surface area (Å²) >= 11 is 2.88. The normalized spacial score (nSPS) is 14.3. The van der Waals surface area contributed by atoms with Crippen molar-refractivity contribution in [3.63, 3.8) is 0 Å². The fourth-order valence-electron chi connectivity index (χ4n) is 1.22. The van der Waals surface area contributed by atoms with Gasteiger partial charge in [0.25, 0.3) is 0 Å². The topological polar surface area (TPSA) is 26.3 Å². The summed E-state index contributed by atoms with van der Waals surface area (Å²) in [6.07, 6.45) is 0. The average Bonchev–Trinajstić information content (AvgIpc) is 2.68. The van der Waals surface area contributed by atoms with E-state index in [0.717, 1.165) is 10.6 Å². The van der Waals surface area contributed by atoms with Crippen LogP contribution in [0.4, 0.5) is 4.39 Å². The number of esters is 1. The van der Waals surface area contributed by atoms with E-state index in [9.17, 15) is 9.18 Å². The maximum Gasteiger partial charge on any atom is 0.351 e. The zero-order valence-electron chi connectivity index (χ0n) is 6.93. The van der Waals surface area contributed by atoms with Crippen molar-refractivity contribution in [1.29, 1.82) is 0 Å². The third kappa shape index (κ3) is 1.36. The molecule has 5 heteroatoms. The lowest BCUT2D eigenvalue weighted by molar-refractivity contribution is 0.0601. The van der Waals surface area contributed by atoms with E-state index < -0.39 is 5.97 Å². The Kier molecular flexibility index (Phi) is 2.29. The Labute approximate surface area is 83.1 Å². The smallest absolute Gasteiger partial charge is 0.351 e. The van der Waals surface area contributed by atoms with Crippen LogP contribution in [0.25, 0.3) is 0 Å². The van der Waals surface area contributed by atoms with Crippen LogP contribution in [0.15, 0.2) is 0 Å². The average molecular weight is 218 g/mol. The molecular formula is C8H7FO2S2. The molecule has 1 aromatic heterocycles. The summed E-state index contributed by atoms with van der Waals surface area (Å²) < 4.78 is 17.9. The van der Waals surface area contributed by atoms with Gasteiger partial charge in [-0.15, -0.1) is 11.3 Å². The highest BCUT2D eigenvalue weighted by molar-refractivity contribution is 7.98. The first-order valence-corrected chi connectivity index (χ1v) is 5.67. The van der Waals surface area contributed by atoms with E-state index in [1.165, 1.54) is 18.4 Å². The predicted molar refractivity (Wildman–Crippen MR) is 50.6 cm³/mol. The number of thiophene rings is 1. The van der Waals surface area contributed by atoms with Crippen LogP contribution in [0.2, 0.25) is 0 Å². The van der Waals surface area contributed by atoms with Gasteiger partial charge >= 0.3 is 5.97 Å². The van der Waals surface area contributed by atoms with E-state index in [-0.39, 0.29) is 10.7 Å². The highest BCUT2D eigenvalue weighted by atomic mass is 32.2. The maximum absolute atomic E-state index is 13.5. The number of carbonyl (C=O) groups is 1. The number of ether oxygens (including phenoxy) is 1. The zero-order chi connectivity index (χ0) is 9.42. The van der Waals surface area contributed by atoms with Gasteiger partial charge in [0.2, 0.25) is 0 Å². The van der Waals surface area contributed by atoms with E-state index in [2.05, 4.69) is 4.74 Å². The second-order valence-electron chi connectivity index (χ2n) is 2.63. The molecule has 0 unspecified atom stereocenters. The Balaban J connectivity index is 2.44. The Bertz CT molecular complexity index is 359. The lowest BCUT2D eigenvalue weighted by Gasteiger charge is -1.95. The van der Waals surface area contributed by atoms with Crippen LogP contribution < -0.4 is 0 Å². The van der Waals surface area contributed by atoms with Crippen LogP contribution >= 0.6 is 23.1 Å². The molecule has 1 aromatic rings. The van der Waals surface area contributed by atoms with Crippen molar-refractivity contribution in [3.8, 4) is 0 Å². The minimum Gasteiger partial charge on any atom is -0.465 e. The molecule has 0 N–H and O–H groups in total. The molecule has 0 spiro atoms. The molecule has 2 heterocycles. The number of rotatable bonds is 1. The third-order valence-electron chi connectivity index (χ3n) is 1.88. The molecule has 70 valence electrons. The van der Waals surface area contributed by atoms with Crippen LogP contribution in [-0.4, -0.2) is 13.1 Å². The van der Waals surface area contributed by atoms with Gasteiger partial charge < -0.3 is 4.74 Å². The number of halogens is 1. The Morgan fingerprint density at radius 1 is 1.54 bits per heavy atom. The van der Waals surface area contributed by atoms with Gasteiger partial charge in [0.1, 0.15) is 4.88 Å². The van der Waals surface area contributed by atoms with Crippen molar-refractivity contribution in [1.82, 2.24) is 0 Å². The largest absolute Gasteiger partial charge is 0.465 e. The Morgan fingerprint density at radius 3 is 2.92 bits per heavy atom. The van der Waals surface area contributed by atoms with Gasteiger partial charge in [-0.1, -0.05) is 0 Å². The van der Waals surface area contributed by atoms with Gasteiger partial charge in [0.15, 0.2) is 5.82 Å². The number of hydrogen-bond acceptors (Lipinski definition) is 4. The summed E-state index contributed by atoms with van der Waals surface area (Å²) in [6, 6.07) is 0. The first-order chi connectivity index (χ1) is 6.24. The number of fused-ring (bicyclic) bond motifs is 1. The number of hydrogen-bond donors (Lipinski definition) is 0. The lowest BCUT2D eigenvalue weighted by atomic mass is 10.2. The monoisotopic (exact) mass is 218 g/mol. The highest BCUT2D eigenvalue weighted by Gasteiger charge is 2.26. The van der Waals surface area contributed by atoms with E-state index >= 15 is 0 Å². The molecule has 1 aliphatic heterocycles. The van der Waals surface area contributed by atoms with Crippen LogP contribution in [0.3, 0.4) is 0 Å². The second-order valence-corrected chi connectivity index (χ2v) is 4.72. The highest BCUT2D eigenvalue weighted by Crippen LogP contribution is 2.39. The van der Waals surface area contributed by atoms with Crippen molar-refractivity contribution in [2.75, 3.05) is 7.11 Å². The molecular weight excluding hydrogens is 211 g/mol. The van der Waals surface area contributed by atoms with E-state index in [4.69, 9.17) is 0 Å². The van der Waals surface area contributed by atoms with Gasteiger partial charge in [0, 0.05) is 21.9 Å². The van der Waals surface area contributed by atoms with E-state index in [0.29, 0.717) is 11.3 Å². The minimum absolute atomic E-state index is 0.118. The summed E-state index contributed by atoms with van der Waals surface area (Å²) in [6.45, 7) is 0. The van der Waals surface area contributed by atoms with Crippen molar-refractivity contribution in [3.05, 3.63) is 21.1 Å². The molecule has 0 saturated heterocycles. The molecule has 0 bridgehead atoms. The van der Waals surface area contributed by atoms with E-state index in [1.54, 1.807) is 11.8 Å². The molecule has 13 heavy (non-hydrogen) atoms. The van der Waals surface area contributed by atoms with Crippen molar-refractivity contribution < 1.29 is 13.9 Å². The summed E-state index contributed by atoms with van der Waals surface area (Å²) in [5.74, 6) is 0.543. The summed E-state index contributed by atoms with van der Waals surface area (Å²) in [7, 11) is 1.27. The van der Waals surface area contributed by atoms with Gasteiger partial charge in [-0.05, 0) is 0 Å². The molecule has 1 aliphatic rings. The third-order valence-corrected chi connectivity index (χ3v) is 4.23. The Morgan fingerprint density at radius 2 is 2.31 bits per heavy atom. The maximum atomic E-state index is 13.5. The predicted octanol–water partition coefficient (Wildman–Crippen LogP) is 2.42. The van der Waals surface area contributed by atoms with Crippen LogP contribution in [0, 0.1) is 5.82 Å². The summed E-state index contributed by atoms with van der Waals surface area (Å²) in [4.78, 5) is 12.2. The summed E-state index contributed by atoms with van der Waals surface area (Å²) in [5, 5.41) is 0. The van der Waals surface area contributed by atoms with Crippen LogP contribution in [-0.2, 0) is 16.2 Å². The fourth-order valence-corrected chi connectivity index (χ4v) is 3.67. The van der Waals surface area contributed by atoms with Crippen molar-refractivity contribution in [2.45, 2.75) is 11.5 Å². The van der Waals surface area contributed by atoms with Gasteiger partial charge in [-0.3, -0.25) is 0 Å². The molecule has 0 fully saturated rings. The number of methoxy groups -OCH3 is 1. The molecule has 0 atom stereocenters.